The summed E-state index contributed by atoms with van der Waals surface area (Å²) in [6, 6.07) is 9.09. The molecule has 23 heavy (non-hydrogen) atoms. The zero-order valence-corrected chi connectivity index (χ0v) is 13.2. The lowest BCUT2D eigenvalue weighted by atomic mass is 10.1. The van der Waals surface area contributed by atoms with Gasteiger partial charge in [-0.05, 0) is 42.8 Å². The first-order valence-electron chi connectivity index (χ1n) is 6.61. The number of carboxylic acids is 1. The normalized spacial score (nSPS) is 11.2. The van der Waals surface area contributed by atoms with E-state index in [0.717, 1.165) is 0 Å². The summed E-state index contributed by atoms with van der Waals surface area (Å²) >= 11 is 5.80. The molecule has 0 aliphatic rings. The van der Waals surface area contributed by atoms with E-state index in [-0.39, 0.29) is 16.3 Å². The van der Waals surface area contributed by atoms with E-state index in [1.807, 2.05) is 0 Å². The number of carbonyl (C=O) groups is 1. The fourth-order valence-corrected chi connectivity index (χ4v) is 2.09. The van der Waals surface area contributed by atoms with Crippen molar-refractivity contribution < 1.29 is 19.7 Å². The van der Waals surface area contributed by atoms with Crippen LogP contribution in [0.25, 0.3) is 0 Å². The van der Waals surface area contributed by atoms with Crippen molar-refractivity contribution in [1.29, 1.82) is 0 Å². The number of aromatic carboxylic acids is 1. The molecule has 0 radical (unpaired) electrons. The summed E-state index contributed by atoms with van der Waals surface area (Å²) in [6.45, 7) is 1.67. The van der Waals surface area contributed by atoms with Gasteiger partial charge in [0.1, 0.15) is 5.75 Å². The average molecular weight is 334 g/mol. The second-order valence-corrected chi connectivity index (χ2v) is 5.08. The quantitative estimate of drug-likeness (QED) is 0.648. The Morgan fingerprint density at radius 2 is 2.00 bits per heavy atom. The zero-order valence-electron chi connectivity index (χ0n) is 12.5. The number of nitrogens with zero attached hydrogens (tertiary/aromatic N) is 1. The lowest BCUT2D eigenvalue weighted by Crippen LogP contribution is -2.05. The van der Waals surface area contributed by atoms with Crippen LogP contribution in [0.5, 0.6) is 11.5 Å². The summed E-state index contributed by atoms with van der Waals surface area (Å²) in [5, 5.41) is 25.2. The number of nitrogens with one attached hydrogen (secondary N) is 1. The van der Waals surface area contributed by atoms with Crippen molar-refractivity contribution in [3.8, 4) is 11.5 Å². The van der Waals surface area contributed by atoms with Gasteiger partial charge in [0.05, 0.1) is 29.1 Å². The molecule has 0 fully saturated rings. The number of methoxy groups -OCH3 is 1. The van der Waals surface area contributed by atoms with Crippen molar-refractivity contribution >= 4 is 29.0 Å². The fourth-order valence-electron chi connectivity index (χ4n) is 1.90. The molecule has 7 heteroatoms. The second-order valence-electron chi connectivity index (χ2n) is 4.67. The lowest BCUT2D eigenvalue weighted by molar-refractivity contribution is -0.268. The van der Waals surface area contributed by atoms with E-state index in [4.69, 9.17) is 21.4 Å². The van der Waals surface area contributed by atoms with E-state index in [1.165, 1.54) is 25.3 Å². The molecule has 0 heterocycles. The molecule has 0 unspecified atom stereocenters. The van der Waals surface area contributed by atoms with E-state index in [1.54, 1.807) is 25.1 Å². The smallest absolute Gasteiger partial charge is 0.337 e. The molecular formula is C16H14ClN2O4-. The van der Waals surface area contributed by atoms with Crippen molar-refractivity contribution in [2.24, 2.45) is 5.10 Å². The van der Waals surface area contributed by atoms with Crippen LogP contribution in [-0.4, -0.2) is 23.9 Å². The minimum Gasteiger partial charge on any atom is -0.872 e. The van der Waals surface area contributed by atoms with Gasteiger partial charge in [-0.1, -0.05) is 23.4 Å². The molecule has 0 aliphatic carbocycles. The fraction of sp³-hybridized carbons (Fsp3) is 0.125. The molecule has 2 aromatic carbocycles. The third-order valence-electron chi connectivity index (χ3n) is 3.13. The van der Waals surface area contributed by atoms with Crippen molar-refractivity contribution in [3.63, 3.8) is 0 Å². The van der Waals surface area contributed by atoms with Crippen LogP contribution in [0.3, 0.4) is 0 Å². The maximum Gasteiger partial charge on any atom is 0.337 e. The Bertz CT molecular complexity index is 775. The van der Waals surface area contributed by atoms with Gasteiger partial charge in [-0.3, -0.25) is 5.43 Å². The molecular weight excluding hydrogens is 320 g/mol. The third kappa shape index (κ3) is 3.92. The highest BCUT2D eigenvalue weighted by atomic mass is 35.5. The Morgan fingerprint density at radius 1 is 1.26 bits per heavy atom. The van der Waals surface area contributed by atoms with Gasteiger partial charge in [0.15, 0.2) is 0 Å². The van der Waals surface area contributed by atoms with Crippen LogP contribution in [0.2, 0.25) is 5.02 Å². The van der Waals surface area contributed by atoms with E-state index in [2.05, 4.69) is 10.5 Å². The summed E-state index contributed by atoms with van der Waals surface area (Å²) in [5.74, 6) is -0.866. The van der Waals surface area contributed by atoms with Crippen LogP contribution in [0.4, 0.5) is 5.69 Å². The topological polar surface area (TPSA) is 94.0 Å². The first-order chi connectivity index (χ1) is 10.9. The van der Waals surface area contributed by atoms with Gasteiger partial charge >= 0.3 is 5.97 Å². The maximum atomic E-state index is 12.0. The highest BCUT2D eigenvalue weighted by Gasteiger charge is 2.09. The lowest BCUT2D eigenvalue weighted by Gasteiger charge is -2.14. The predicted molar refractivity (Wildman–Crippen MR) is 86.7 cm³/mol. The largest absolute Gasteiger partial charge is 0.872 e. The molecule has 2 aromatic rings. The minimum absolute atomic E-state index is 0.0292. The predicted octanol–water partition coefficient (Wildman–Crippen LogP) is 2.96. The molecule has 120 valence electrons. The molecule has 2 N–H and O–H groups in total. The minimum atomic E-state index is -1.13. The standard InChI is InChI=1S/C16H15ClN2O4/c1-9(12-5-4-11(23-2)8-15(12)20)18-19-10-3-6-14(17)13(7-10)16(21)22/h3-8,19-20H,1-2H3,(H,21,22)/p-1/b18-9+. The van der Waals surface area contributed by atoms with Gasteiger partial charge in [-0.25, -0.2) is 4.79 Å². The molecule has 0 saturated carbocycles. The van der Waals surface area contributed by atoms with Gasteiger partial charge in [0.2, 0.25) is 0 Å². The van der Waals surface area contributed by atoms with Crippen molar-refractivity contribution in [3.05, 3.63) is 52.5 Å². The Hall–Kier alpha value is -2.73. The van der Waals surface area contributed by atoms with E-state index in [0.29, 0.717) is 22.7 Å². The third-order valence-corrected chi connectivity index (χ3v) is 3.46. The zero-order chi connectivity index (χ0) is 17.0. The molecule has 0 aliphatic heterocycles. The number of hydrazone groups is 1. The van der Waals surface area contributed by atoms with Crippen LogP contribution in [-0.2, 0) is 0 Å². The number of halogens is 1. The second kappa shape index (κ2) is 7.02. The number of anilines is 1. The Labute approximate surface area is 138 Å². The molecule has 2 rings (SSSR count). The Morgan fingerprint density at radius 3 is 2.61 bits per heavy atom. The molecule has 0 aromatic heterocycles. The molecule has 6 nitrogen and oxygen atoms in total. The van der Waals surface area contributed by atoms with Gasteiger partial charge in [-0.2, -0.15) is 5.10 Å². The van der Waals surface area contributed by atoms with E-state index in [9.17, 15) is 9.90 Å². The SMILES string of the molecule is COc1ccc(/C(C)=N/Nc2ccc(Cl)c(C(=O)O)c2)c([O-])c1. The molecule has 0 bridgehead atoms. The van der Waals surface area contributed by atoms with Crippen LogP contribution in [0.15, 0.2) is 41.5 Å². The van der Waals surface area contributed by atoms with Crippen molar-refractivity contribution in [2.45, 2.75) is 6.92 Å². The Kier molecular flexibility index (Phi) is 5.08. The van der Waals surface area contributed by atoms with Gasteiger partial charge < -0.3 is 14.9 Å². The first kappa shape index (κ1) is 16.6. The number of ether oxygens (including phenoxy) is 1. The highest BCUT2D eigenvalue weighted by molar-refractivity contribution is 6.33. The Balaban J connectivity index is 2.23. The van der Waals surface area contributed by atoms with Gasteiger partial charge in [-0.15, -0.1) is 0 Å². The van der Waals surface area contributed by atoms with Crippen LogP contribution in [0, 0.1) is 0 Å². The molecule has 0 saturated heterocycles. The first-order valence-corrected chi connectivity index (χ1v) is 6.98. The summed E-state index contributed by atoms with van der Waals surface area (Å²) < 4.78 is 4.98. The summed E-state index contributed by atoms with van der Waals surface area (Å²) in [6.07, 6.45) is 0. The molecule has 0 amide bonds. The maximum absolute atomic E-state index is 12.0. The summed E-state index contributed by atoms with van der Waals surface area (Å²) in [5.41, 5.74) is 4.02. The van der Waals surface area contributed by atoms with Crippen molar-refractivity contribution in [1.82, 2.24) is 0 Å². The van der Waals surface area contributed by atoms with Crippen LogP contribution >= 0.6 is 11.6 Å². The number of carboxylic acid groups (broad SMARTS) is 1. The van der Waals surface area contributed by atoms with Gasteiger partial charge in [0.25, 0.3) is 0 Å². The van der Waals surface area contributed by atoms with E-state index >= 15 is 0 Å². The van der Waals surface area contributed by atoms with Crippen LogP contribution in [0.1, 0.15) is 22.8 Å². The van der Waals surface area contributed by atoms with Crippen LogP contribution < -0.4 is 15.3 Å². The highest BCUT2D eigenvalue weighted by Crippen LogP contribution is 2.23. The average Bonchev–Trinajstić information content (AvgIpc) is 2.53. The summed E-state index contributed by atoms with van der Waals surface area (Å²) in [7, 11) is 1.48. The molecule has 0 atom stereocenters. The summed E-state index contributed by atoms with van der Waals surface area (Å²) in [4.78, 5) is 11.0. The molecule has 0 spiro atoms. The monoisotopic (exact) mass is 333 g/mol. The van der Waals surface area contributed by atoms with E-state index < -0.39 is 5.97 Å². The number of rotatable bonds is 5. The van der Waals surface area contributed by atoms with Crippen molar-refractivity contribution in [2.75, 3.05) is 12.5 Å². The number of hydrogen-bond acceptors (Lipinski definition) is 5. The van der Waals surface area contributed by atoms with Gasteiger partial charge in [0, 0.05) is 0 Å². The number of hydrogen-bond donors (Lipinski definition) is 2. The number of benzene rings is 2.